The zero-order valence-electron chi connectivity index (χ0n) is 14.6. The number of benzene rings is 2. The molecule has 4 N–H and O–H groups in total. The predicted molar refractivity (Wildman–Crippen MR) is 108 cm³/mol. The maximum Gasteiger partial charge on any atom is 0.219 e. The molecule has 7 heteroatoms. The third-order valence-corrected chi connectivity index (χ3v) is 4.41. The smallest absolute Gasteiger partial charge is 0.219 e. The SMILES string of the molecule is CC(Nc1ccc2nc(N)[nH]c2c1)c1ccc(Oc2ccc(Cl)cn2)cc1. The summed E-state index contributed by atoms with van der Waals surface area (Å²) in [6.45, 7) is 2.10. The van der Waals surface area contributed by atoms with Crippen molar-refractivity contribution in [2.45, 2.75) is 13.0 Å². The number of H-pyrrole nitrogens is 1. The van der Waals surface area contributed by atoms with E-state index in [1.807, 2.05) is 42.5 Å². The Morgan fingerprint density at radius 2 is 1.93 bits per heavy atom. The third kappa shape index (κ3) is 3.96. The maximum atomic E-state index is 5.83. The second-order valence-corrected chi connectivity index (χ2v) is 6.64. The van der Waals surface area contributed by atoms with Gasteiger partial charge in [-0.25, -0.2) is 9.97 Å². The van der Waals surface area contributed by atoms with Gasteiger partial charge in [-0.1, -0.05) is 23.7 Å². The Bertz CT molecular complexity index is 1060. The molecule has 4 aromatic rings. The monoisotopic (exact) mass is 379 g/mol. The number of hydrogen-bond donors (Lipinski definition) is 3. The Balaban J connectivity index is 1.44. The van der Waals surface area contributed by atoms with E-state index >= 15 is 0 Å². The minimum absolute atomic E-state index is 0.116. The highest BCUT2D eigenvalue weighted by molar-refractivity contribution is 6.30. The first-order valence-corrected chi connectivity index (χ1v) is 8.86. The molecule has 0 aliphatic rings. The Morgan fingerprint density at radius 3 is 2.67 bits per heavy atom. The molecule has 0 aliphatic carbocycles. The molecule has 0 amide bonds. The van der Waals surface area contributed by atoms with Crippen molar-refractivity contribution < 1.29 is 4.74 Å². The number of aromatic nitrogens is 3. The average Bonchev–Trinajstić information content (AvgIpc) is 3.03. The standard InChI is InChI=1S/C20H18ClN5O/c1-12(24-15-5-8-17-18(10-15)26-20(22)25-17)13-2-6-16(7-3-13)27-19-9-4-14(21)11-23-19/h2-12,24H,1H3,(H3,22,25,26). The molecule has 0 radical (unpaired) electrons. The van der Waals surface area contributed by atoms with Gasteiger partial charge in [-0.3, -0.25) is 0 Å². The van der Waals surface area contributed by atoms with Crippen LogP contribution in [0.5, 0.6) is 11.6 Å². The summed E-state index contributed by atoms with van der Waals surface area (Å²) in [7, 11) is 0. The molecule has 0 fully saturated rings. The number of anilines is 2. The quantitative estimate of drug-likeness (QED) is 0.445. The lowest BCUT2D eigenvalue weighted by molar-refractivity contribution is 0.462. The molecule has 1 unspecified atom stereocenters. The highest BCUT2D eigenvalue weighted by Gasteiger charge is 2.08. The zero-order valence-corrected chi connectivity index (χ0v) is 15.4. The summed E-state index contributed by atoms with van der Waals surface area (Å²) in [6.07, 6.45) is 1.56. The van der Waals surface area contributed by atoms with Crippen LogP contribution in [0, 0.1) is 0 Å². The maximum absolute atomic E-state index is 5.83. The fourth-order valence-electron chi connectivity index (χ4n) is 2.82. The number of rotatable bonds is 5. The number of halogens is 1. The number of nitrogens with two attached hydrogens (primary N) is 1. The molecule has 6 nitrogen and oxygen atoms in total. The highest BCUT2D eigenvalue weighted by Crippen LogP contribution is 2.26. The van der Waals surface area contributed by atoms with Crippen molar-refractivity contribution in [2.75, 3.05) is 11.1 Å². The van der Waals surface area contributed by atoms with E-state index < -0.39 is 0 Å². The number of pyridine rings is 1. The van der Waals surface area contributed by atoms with Crippen molar-refractivity contribution in [3.8, 4) is 11.6 Å². The van der Waals surface area contributed by atoms with E-state index in [0.717, 1.165) is 28.0 Å². The van der Waals surface area contributed by atoms with Gasteiger partial charge in [0.15, 0.2) is 5.95 Å². The molecule has 2 aromatic heterocycles. The number of ether oxygens (including phenoxy) is 1. The van der Waals surface area contributed by atoms with E-state index in [0.29, 0.717) is 16.9 Å². The number of hydrogen-bond acceptors (Lipinski definition) is 5. The zero-order chi connectivity index (χ0) is 18.8. The number of nitrogens with zero attached hydrogens (tertiary/aromatic N) is 2. The summed E-state index contributed by atoms with van der Waals surface area (Å²) < 4.78 is 5.72. The molecule has 1 atom stereocenters. The van der Waals surface area contributed by atoms with Crippen LogP contribution >= 0.6 is 11.6 Å². The number of nitrogens with one attached hydrogen (secondary N) is 2. The summed E-state index contributed by atoms with van der Waals surface area (Å²) in [4.78, 5) is 11.4. The van der Waals surface area contributed by atoms with Crippen molar-refractivity contribution in [3.05, 3.63) is 71.4 Å². The molecule has 4 rings (SSSR count). The van der Waals surface area contributed by atoms with Crippen LogP contribution < -0.4 is 15.8 Å². The van der Waals surface area contributed by atoms with Gasteiger partial charge < -0.3 is 20.8 Å². The third-order valence-electron chi connectivity index (χ3n) is 4.19. The summed E-state index contributed by atoms with van der Waals surface area (Å²) in [5, 5.41) is 4.06. The lowest BCUT2D eigenvalue weighted by Gasteiger charge is -2.16. The Kier molecular flexibility index (Phi) is 4.56. The molecular formula is C20H18ClN5O. The van der Waals surface area contributed by atoms with Gasteiger partial charge in [0, 0.05) is 24.0 Å². The molecule has 0 saturated carbocycles. The molecular weight excluding hydrogens is 362 g/mol. The normalized spacial score (nSPS) is 12.1. The average molecular weight is 380 g/mol. The van der Waals surface area contributed by atoms with Gasteiger partial charge in [-0.15, -0.1) is 0 Å². The van der Waals surface area contributed by atoms with E-state index in [1.165, 1.54) is 0 Å². The summed E-state index contributed by atoms with van der Waals surface area (Å²) in [5.41, 5.74) is 9.58. The fraction of sp³-hybridized carbons (Fsp3) is 0.100. The van der Waals surface area contributed by atoms with Gasteiger partial charge in [0.2, 0.25) is 5.88 Å². The summed E-state index contributed by atoms with van der Waals surface area (Å²) in [6, 6.07) is 17.4. The molecule has 27 heavy (non-hydrogen) atoms. The van der Waals surface area contributed by atoms with E-state index in [4.69, 9.17) is 22.1 Å². The van der Waals surface area contributed by atoms with Crippen LogP contribution in [-0.4, -0.2) is 15.0 Å². The first-order valence-electron chi connectivity index (χ1n) is 8.48. The molecule has 2 aromatic carbocycles. The Morgan fingerprint density at radius 1 is 1.11 bits per heavy atom. The van der Waals surface area contributed by atoms with Crippen molar-refractivity contribution in [1.82, 2.24) is 15.0 Å². The van der Waals surface area contributed by atoms with Gasteiger partial charge in [-0.2, -0.15) is 0 Å². The number of nitrogen functional groups attached to an aromatic ring is 1. The lowest BCUT2D eigenvalue weighted by Crippen LogP contribution is -2.06. The van der Waals surface area contributed by atoms with Crippen LogP contribution in [0.15, 0.2) is 60.8 Å². The van der Waals surface area contributed by atoms with Crippen LogP contribution in [0.25, 0.3) is 11.0 Å². The van der Waals surface area contributed by atoms with Crippen molar-refractivity contribution in [3.63, 3.8) is 0 Å². The number of aromatic amines is 1. The van der Waals surface area contributed by atoms with Gasteiger partial charge in [-0.05, 0) is 48.9 Å². The summed E-state index contributed by atoms with van der Waals surface area (Å²) >= 11 is 5.83. The minimum Gasteiger partial charge on any atom is -0.439 e. The van der Waals surface area contributed by atoms with E-state index in [-0.39, 0.29) is 6.04 Å². The molecule has 136 valence electrons. The van der Waals surface area contributed by atoms with E-state index in [9.17, 15) is 0 Å². The van der Waals surface area contributed by atoms with Gasteiger partial charge in [0.1, 0.15) is 5.75 Å². The molecule has 0 spiro atoms. The van der Waals surface area contributed by atoms with Crippen LogP contribution in [0.4, 0.5) is 11.6 Å². The number of imidazole rings is 1. The molecule has 0 aliphatic heterocycles. The van der Waals surface area contributed by atoms with Crippen molar-refractivity contribution in [1.29, 1.82) is 0 Å². The van der Waals surface area contributed by atoms with Gasteiger partial charge >= 0.3 is 0 Å². The lowest BCUT2D eigenvalue weighted by atomic mass is 10.1. The first kappa shape index (κ1) is 17.2. The van der Waals surface area contributed by atoms with Crippen LogP contribution in [0.3, 0.4) is 0 Å². The van der Waals surface area contributed by atoms with Gasteiger partial charge in [0.05, 0.1) is 16.1 Å². The molecule has 0 bridgehead atoms. The minimum atomic E-state index is 0.116. The molecule has 0 saturated heterocycles. The summed E-state index contributed by atoms with van der Waals surface area (Å²) in [5.74, 6) is 1.64. The fourth-order valence-corrected chi connectivity index (χ4v) is 2.93. The van der Waals surface area contributed by atoms with Crippen LogP contribution in [-0.2, 0) is 0 Å². The van der Waals surface area contributed by atoms with Crippen LogP contribution in [0.2, 0.25) is 5.02 Å². The highest BCUT2D eigenvalue weighted by atomic mass is 35.5. The topological polar surface area (TPSA) is 88.8 Å². The van der Waals surface area contributed by atoms with Crippen molar-refractivity contribution >= 4 is 34.3 Å². The van der Waals surface area contributed by atoms with Crippen LogP contribution in [0.1, 0.15) is 18.5 Å². The predicted octanol–water partition coefficient (Wildman–Crippen LogP) is 5.16. The Labute approximate surface area is 161 Å². The van der Waals surface area contributed by atoms with Gasteiger partial charge in [0.25, 0.3) is 0 Å². The largest absolute Gasteiger partial charge is 0.439 e. The second-order valence-electron chi connectivity index (χ2n) is 6.21. The van der Waals surface area contributed by atoms with Crippen molar-refractivity contribution in [2.24, 2.45) is 0 Å². The molecule has 2 heterocycles. The second kappa shape index (κ2) is 7.17. The number of fused-ring (bicyclic) bond motifs is 1. The van der Waals surface area contributed by atoms with E-state index in [2.05, 4.69) is 27.2 Å². The Hall–Kier alpha value is -3.25. The van der Waals surface area contributed by atoms with E-state index in [1.54, 1.807) is 18.3 Å². The first-order chi connectivity index (χ1) is 13.1.